The van der Waals surface area contributed by atoms with Crippen molar-refractivity contribution in [2.24, 2.45) is 11.8 Å². The number of hydrogen-bond donors (Lipinski definition) is 0. The average molecular weight is 422 g/mol. The minimum Gasteiger partial charge on any atom is -0.342 e. The predicted octanol–water partition coefficient (Wildman–Crippen LogP) is 1.93. The number of anilines is 1. The first-order valence-corrected chi connectivity index (χ1v) is 10.7. The number of carbonyl (C=O) groups is 3. The van der Waals surface area contributed by atoms with Crippen molar-refractivity contribution in [3.8, 4) is 12.1 Å². The van der Waals surface area contributed by atoms with Crippen LogP contribution in [0.5, 0.6) is 0 Å². The number of nitrogens with zero attached hydrogens (tertiary/aromatic N) is 5. The van der Waals surface area contributed by atoms with Crippen molar-refractivity contribution in [3.63, 3.8) is 0 Å². The van der Waals surface area contributed by atoms with Gasteiger partial charge in [0.15, 0.2) is 0 Å². The van der Waals surface area contributed by atoms with E-state index in [0.29, 0.717) is 45.6 Å². The van der Waals surface area contributed by atoms with Crippen molar-refractivity contribution in [1.29, 1.82) is 10.5 Å². The summed E-state index contributed by atoms with van der Waals surface area (Å²) in [6, 6.07) is 13.5. The van der Waals surface area contributed by atoms with E-state index in [4.69, 9.17) is 10.5 Å². The molecule has 162 valence electrons. The van der Waals surface area contributed by atoms with Crippen LogP contribution in [-0.2, 0) is 14.4 Å². The van der Waals surface area contributed by atoms with Crippen molar-refractivity contribution in [3.05, 3.63) is 30.3 Å². The third-order valence-corrected chi connectivity index (χ3v) is 6.00. The Hall–Kier alpha value is -3.39. The summed E-state index contributed by atoms with van der Waals surface area (Å²) in [4.78, 5) is 43.3. The van der Waals surface area contributed by atoms with Crippen molar-refractivity contribution >= 4 is 23.4 Å². The van der Waals surface area contributed by atoms with E-state index in [9.17, 15) is 14.4 Å². The fourth-order valence-electron chi connectivity index (χ4n) is 4.30. The molecule has 2 heterocycles. The van der Waals surface area contributed by atoms with Crippen molar-refractivity contribution in [2.75, 3.05) is 37.6 Å². The van der Waals surface area contributed by atoms with Gasteiger partial charge in [0.2, 0.25) is 17.7 Å². The second kappa shape index (κ2) is 10.6. The Morgan fingerprint density at radius 2 is 1.61 bits per heavy atom. The van der Waals surface area contributed by atoms with Gasteiger partial charge in [0.05, 0.1) is 30.9 Å². The molecule has 1 atom stereocenters. The Morgan fingerprint density at radius 3 is 2.19 bits per heavy atom. The zero-order valence-electron chi connectivity index (χ0n) is 17.6. The van der Waals surface area contributed by atoms with Crippen LogP contribution in [0.3, 0.4) is 0 Å². The molecular formula is C23H27N5O3. The largest absolute Gasteiger partial charge is 0.342 e. The third kappa shape index (κ3) is 5.40. The van der Waals surface area contributed by atoms with Crippen molar-refractivity contribution in [2.45, 2.75) is 32.1 Å². The highest BCUT2D eigenvalue weighted by molar-refractivity contribution is 6.00. The number of nitriles is 2. The highest BCUT2D eigenvalue weighted by Crippen LogP contribution is 2.28. The molecule has 8 heteroatoms. The normalized spacial score (nSPS) is 19.0. The lowest BCUT2D eigenvalue weighted by atomic mass is 9.94. The van der Waals surface area contributed by atoms with E-state index in [-0.39, 0.29) is 48.8 Å². The highest BCUT2D eigenvalue weighted by Gasteiger charge is 2.39. The molecule has 8 nitrogen and oxygen atoms in total. The number of benzene rings is 1. The molecule has 3 rings (SSSR count). The van der Waals surface area contributed by atoms with Gasteiger partial charge in [-0.3, -0.25) is 14.4 Å². The van der Waals surface area contributed by atoms with Crippen LogP contribution in [0.4, 0.5) is 5.69 Å². The Balaban J connectivity index is 1.54. The average Bonchev–Trinajstić information content (AvgIpc) is 3.20. The summed E-state index contributed by atoms with van der Waals surface area (Å²) in [6.45, 7) is 2.01. The maximum atomic E-state index is 13.0. The van der Waals surface area contributed by atoms with Gasteiger partial charge >= 0.3 is 0 Å². The molecule has 0 aromatic heterocycles. The zero-order valence-corrected chi connectivity index (χ0v) is 17.6. The lowest BCUT2D eigenvalue weighted by Gasteiger charge is -2.35. The van der Waals surface area contributed by atoms with Crippen LogP contribution in [0.2, 0.25) is 0 Å². The van der Waals surface area contributed by atoms with Gasteiger partial charge in [-0.05, 0) is 25.0 Å². The van der Waals surface area contributed by atoms with Gasteiger partial charge in [-0.25, -0.2) is 0 Å². The fraction of sp³-hybridized carbons (Fsp3) is 0.522. The summed E-state index contributed by atoms with van der Waals surface area (Å²) in [5.41, 5.74) is 0.807. The number of hydrogen-bond acceptors (Lipinski definition) is 5. The SMILES string of the molecule is N#CCCN(CCC#N)C(=O)C1CCN(C(=O)C2CC(=O)N(c3ccccc3)C2)CC1. The van der Waals surface area contributed by atoms with Crippen LogP contribution < -0.4 is 4.90 Å². The number of carbonyl (C=O) groups excluding carboxylic acids is 3. The Bertz CT molecular complexity index is 863. The lowest BCUT2D eigenvalue weighted by Crippen LogP contribution is -2.46. The number of piperidine rings is 1. The minimum atomic E-state index is -0.359. The molecule has 2 fully saturated rings. The highest BCUT2D eigenvalue weighted by atomic mass is 16.2. The van der Waals surface area contributed by atoms with Crippen LogP contribution in [0.1, 0.15) is 32.1 Å². The second-order valence-corrected chi connectivity index (χ2v) is 7.98. The molecule has 2 saturated heterocycles. The third-order valence-electron chi connectivity index (χ3n) is 6.00. The van der Waals surface area contributed by atoms with E-state index in [1.54, 1.807) is 14.7 Å². The van der Waals surface area contributed by atoms with Crippen molar-refractivity contribution in [1.82, 2.24) is 9.80 Å². The molecule has 0 spiro atoms. The molecule has 0 N–H and O–H groups in total. The first kappa shape index (κ1) is 22.3. The van der Waals surface area contributed by atoms with Crippen molar-refractivity contribution < 1.29 is 14.4 Å². The van der Waals surface area contributed by atoms with Gasteiger partial charge in [0, 0.05) is 50.7 Å². The summed E-state index contributed by atoms with van der Waals surface area (Å²) in [5.74, 6) is -0.664. The summed E-state index contributed by atoms with van der Waals surface area (Å²) >= 11 is 0. The van der Waals surface area contributed by atoms with Gasteiger partial charge in [-0.15, -0.1) is 0 Å². The number of para-hydroxylation sites is 1. The van der Waals surface area contributed by atoms with E-state index in [1.807, 2.05) is 42.5 Å². The quantitative estimate of drug-likeness (QED) is 0.668. The zero-order chi connectivity index (χ0) is 22.2. The van der Waals surface area contributed by atoms with E-state index < -0.39 is 0 Å². The molecular weight excluding hydrogens is 394 g/mol. The van der Waals surface area contributed by atoms with Gasteiger partial charge in [0.1, 0.15) is 0 Å². The number of rotatable bonds is 7. The summed E-state index contributed by atoms with van der Waals surface area (Å²) in [5, 5.41) is 17.6. The molecule has 0 radical (unpaired) electrons. The molecule has 1 aromatic rings. The minimum absolute atomic E-state index is 0.0245. The monoisotopic (exact) mass is 421 g/mol. The van der Waals surface area contributed by atoms with E-state index >= 15 is 0 Å². The van der Waals surface area contributed by atoms with Gasteiger partial charge in [-0.1, -0.05) is 18.2 Å². The van der Waals surface area contributed by atoms with Gasteiger partial charge in [0.25, 0.3) is 0 Å². The first-order chi connectivity index (χ1) is 15.0. The molecule has 0 aliphatic carbocycles. The van der Waals surface area contributed by atoms with Crippen LogP contribution >= 0.6 is 0 Å². The smallest absolute Gasteiger partial charge is 0.228 e. The Kier molecular flexibility index (Phi) is 7.61. The topological polar surface area (TPSA) is 109 Å². The Labute approximate surface area is 182 Å². The standard InChI is InChI=1S/C23H27N5O3/c24-10-4-12-26(13-5-11-25)22(30)18-8-14-27(15-9-18)23(31)19-16-21(29)28(17-19)20-6-2-1-3-7-20/h1-3,6-7,18-19H,4-5,8-9,12-17H2. The molecule has 0 bridgehead atoms. The van der Waals surface area contributed by atoms with Crippen LogP contribution in [-0.4, -0.2) is 60.2 Å². The van der Waals surface area contributed by atoms with Gasteiger partial charge in [-0.2, -0.15) is 10.5 Å². The first-order valence-electron chi connectivity index (χ1n) is 10.7. The van der Waals surface area contributed by atoms with Crippen LogP contribution in [0.15, 0.2) is 30.3 Å². The number of amides is 3. The van der Waals surface area contributed by atoms with E-state index in [0.717, 1.165) is 5.69 Å². The van der Waals surface area contributed by atoms with Crippen LogP contribution in [0.25, 0.3) is 0 Å². The molecule has 0 saturated carbocycles. The van der Waals surface area contributed by atoms with E-state index in [2.05, 4.69) is 0 Å². The van der Waals surface area contributed by atoms with Crippen LogP contribution in [0, 0.1) is 34.5 Å². The summed E-state index contributed by atoms with van der Waals surface area (Å²) < 4.78 is 0. The maximum absolute atomic E-state index is 13.0. The lowest BCUT2D eigenvalue weighted by molar-refractivity contribution is -0.142. The predicted molar refractivity (Wildman–Crippen MR) is 113 cm³/mol. The molecule has 3 amide bonds. The Morgan fingerprint density at radius 1 is 1.00 bits per heavy atom. The van der Waals surface area contributed by atoms with E-state index in [1.165, 1.54) is 0 Å². The molecule has 1 unspecified atom stereocenters. The summed E-state index contributed by atoms with van der Waals surface area (Å²) in [7, 11) is 0. The molecule has 1 aromatic carbocycles. The molecule has 2 aliphatic rings. The van der Waals surface area contributed by atoms with Gasteiger partial charge < -0.3 is 14.7 Å². The summed E-state index contributed by atoms with van der Waals surface area (Å²) in [6.07, 6.45) is 1.80. The molecule has 2 aliphatic heterocycles. The molecule has 31 heavy (non-hydrogen) atoms. The number of likely N-dealkylation sites (tertiary alicyclic amines) is 1. The maximum Gasteiger partial charge on any atom is 0.228 e. The second-order valence-electron chi connectivity index (χ2n) is 7.98. The fourth-order valence-corrected chi connectivity index (χ4v) is 4.30.